The van der Waals surface area contributed by atoms with E-state index in [1.165, 1.54) is 6.26 Å². The summed E-state index contributed by atoms with van der Waals surface area (Å²) >= 11 is 5.88. The lowest BCUT2D eigenvalue weighted by Gasteiger charge is -2.30. The molecule has 0 aromatic heterocycles. The maximum absolute atomic E-state index is 11.5. The lowest BCUT2D eigenvalue weighted by Crippen LogP contribution is -2.43. The molecule has 0 aliphatic carbocycles. The second-order valence-corrected chi connectivity index (χ2v) is 8.46. The maximum atomic E-state index is 11.5. The lowest BCUT2D eigenvalue weighted by atomic mass is 9.98. The zero-order valence-electron chi connectivity index (χ0n) is 14.5. The molecule has 0 amide bonds. The van der Waals surface area contributed by atoms with Crippen LogP contribution >= 0.6 is 35.6 Å². The summed E-state index contributed by atoms with van der Waals surface area (Å²) in [7, 11) is -1.32. The Kier molecular flexibility index (Phi) is 9.47. The van der Waals surface area contributed by atoms with Gasteiger partial charge in [0.05, 0.1) is 6.26 Å². The van der Waals surface area contributed by atoms with Crippen LogP contribution in [0.15, 0.2) is 29.3 Å². The highest BCUT2D eigenvalue weighted by atomic mass is 127. The molecule has 0 saturated carbocycles. The minimum absolute atomic E-state index is 0. The number of nitrogens with zero attached hydrogens (tertiary/aromatic N) is 2. The summed E-state index contributed by atoms with van der Waals surface area (Å²) < 4.78 is 24.6. The Morgan fingerprint density at radius 3 is 2.36 bits per heavy atom. The molecule has 0 unspecified atom stereocenters. The van der Waals surface area contributed by atoms with E-state index in [-0.39, 0.29) is 24.0 Å². The Labute approximate surface area is 172 Å². The van der Waals surface area contributed by atoms with E-state index in [0.29, 0.717) is 25.6 Å². The van der Waals surface area contributed by atoms with Crippen molar-refractivity contribution in [1.82, 2.24) is 14.9 Å². The Balaban J connectivity index is 0.00000312. The van der Waals surface area contributed by atoms with Crippen molar-refractivity contribution in [3.05, 3.63) is 34.9 Å². The molecule has 1 aromatic rings. The van der Waals surface area contributed by atoms with Crippen LogP contribution in [0.4, 0.5) is 0 Å². The van der Waals surface area contributed by atoms with Gasteiger partial charge in [-0.2, -0.15) is 0 Å². The number of sulfonamides is 1. The first kappa shape index (κ1) is 22.5. The molecule has 0 atom stereocenters. The molecule has 25 heavy (non-hydrogen) atoms. The summed E-state index contributed by atoms with van der Waals surface area (Å²) in [6.07, 6.45) is 3.01. The van der Waals surface area contributed by atoms with Gasteiger partial charge in [-0.1, -0.05) is 23.7 Å². The number of aliphatic imine (C=N–C) groups is 1. The molecule has 0 radical (unpaired) electrons. The number of hydrogen-bond acceptors (Lipinski definition) is 3. The van der Waals surface area contributed by atoms with E-state index >= 15 is 0 Å². The van der Waals surface area contributed by atoms with Gasteiger partial charge in [0.1, 0.15) is 0 Å². The van der Waals surface area contributed by atoms with Crippen molar-refractivity contribution in [3.63, 3.8) is 0 Å². The molecule has 1 aromatic carbocycles. The fourth-order valence-corrected chi connectivity index (χ4v) is 3.69. The van der Waals surface area contributed by atoms with Gasteiger partial charge in [0.2, 0.25) is 10.0 Å². The summed E-state index contributed by atoms with van der Waals surface area (Å²) in [6, 6.07) is 7.68. The van der Waals surface area contributed by atoms with Crippen molar-refractivity contribution in [2.24, 2.45) is 10.9 Å². The topological polar surface area (TPSA) is 73.8 Å². The van der Waals surface area contributed by atoms with E-state index in [2.05, 4.69) is 15.6 Å². The molecular formula is C16H26ClIN4O2S. The number of hydrogen-bond donors (Lipinski definition) is 2. The largest absolute Gasteiger partial charge is 0.356 e. The number of piperidine rings is 1. The van der Waals surface area contributed by atoms with Crippen LogP contribution in [0.25, 0.3) is 0 Å². The van der Waals surface area contributed by atoms with E-state index < -0.39 is 10.0 Å². The molecule has 2 N–H and O–H groups in total. The molecule has 9 heteroatoms. The second-order valence-electron chi connectivity index (χ2n) is 6.04. The summed E-state index contributed by atoms with van der Waals surface area (Å²) in [5.74, 6) is 1.20. The summed E-state index contributed by atoms with van der Waals surface area (Å²) in [5.41, 5.74) is 1.13. The highest BCUT2D eigenvalue weighted by Gasteiger charge is 2.24. The van der Waals surface area contributed by atoms with Crippen molar-refractivity contribution in [2.75, 3.05) is 32.9 Å². The van der Waals surface area contributed by atoms with Gasteiger partial charge in [-0.15, -0.1) is 24.0 Å². The van der Waals surface area contributed by atoms with Crippen LogP contribution in [0.2, 0.25) is 5.02 Å². The van der Waals surface area contributed by atoms with Crippen LogP contribution in [0.1, 0.15) is 18.4 Å². The van der Waals surface area contributed by atoms with Gasteiger partial charge in [0, 0.05) is 38.2 Å². The molecule has 1 aliphatic rings. The average molecular weight is 501 g/mol. The molecule has 0 bridgehead atoms. The minimum atomic E-state index is -3.06. The van der Waals surface area contributed by atoms with E-state index in [0.717, 1.165) is 35.9 Å². The first-order chi connectivity index (χ1) is 11.4. The molecule has 1 aliphatic heterocycles. The second kappa shape index (κ2) is 10.5. The number of rotatable bonds is 5. The third-order valence-electron chi connectivity index (χ3n) is 4.20. The van der Waals surface area contributed by atoms with Crippen LogP contribution < -0.4 is 10.6 Å². The molecule has 142 valence electrons. The van der Waals surface area contributed by atoms with E-state index in [9.17, 15) is 8.42 Å². The molecule has 1 fully saturated rings. The summed E-state index contributed by atoms with van der Waals surface area (Å²) in [4.78, 5) is 4.22. The number of guanidine groups is 1. The normalized spacial score (nSPS) is 17.0. The van der Waals surface area contributed by atoms with Crippen molar-refractivity contribution in [3.8, 4) is 0 Å². The van der Waals surface area contributed by atoms with Gasteiger partial charge >= 0.3 is 0 Å². The molecule has 0 spiro atoms. The van der Waals surface area contributed by atoms with E-state index in [1.807, 2.05) is 24.3 Å². The van der Waals surface area contributed by atoms with Crippen LogP contribution in [0.5, 0.6) is 0 Å². The predicted molar refractivity (Wildman–Crippen MR) is 114 cm³/mol. The van der Waals surface area contributed by atoms with Crippen LogP contribution in [-0.4, -0.2) is 51.6 Å². The molecule has 1 saturated heterocycles. The third kappa shape index (κ3) is 7.67. The Morgan fingerprint density at radius 2 is 1.84 bits per heavy atom. The lowest BCUT2D eigenvalue weighted by molar-refractivity contribution is 0.275. The fraction of sp³-hybridized carbons (Fsp3) is 0.562. The van der Waals surface area contributed by atoms with Crippen LogP contribution in [-0.2, 0) is 16.6 Å². The van der Waals surface area contributed by atoms with Crippen LogP contribution in [0.3, 0.4) is 0 Å². The molecule has 1 heterocycles. The van der Waals surface area contributed by atoms with Crippen LogP contribution in [0, 0.1) is 5.92 Å². The zero-order valence-corrected chi connectivity index (χ0v) is 18.4. The average Bonchev–Trinajstić information content (AvgIpc) is 2.56. The Bertz CT molecular complexity index is 659. The van der Waals surface area contributed by atoms with Crippen molar-refractivity contribution >= 4 is 51.6 Å². The van der Waals surface area contributed by atoms with E-state index in [4.69, 9.17) is 11.6 Å². The standard InChI is InChI=1S/C16H25ClN4O2S.HI/c1-18-16(19-11-13-3-5-15(17)6-4-13)20-12-14-7-9-21(10-8-14)24(2,22)23;/h3-6,14H,7-12H2,1-2H3,(H2,18,19,20);1H. The monoisotopic (exact) mass is 500 g/mol. The zero-order chi connectivity index (χ0) is 17.6. The highest BCUT2D eigenvalue weighted by Crippen LogP contribution is 2.18. The van der Waals surface area contributed by atoms with Crippen molar-refractivity contribution < 1.29 is 8.42 Å². The summed E-state index contributed by atoms with van der Waals surface area (Å²) in [6.45, 7) is 2.66. The van der Waals surface area contributed by atoms with Gasteiger partial charge in [0.25, 0.3) is 0 Å². The highest BCUT2D eigenvalue weighted by molar-refractivity contribution is 14.0. The Hall–Kier alpha value is -0.580. The Morgan fingerprint density at radius 1 is 1.24 bits per heavy atom. The fourth-order valence-electron chi connectivity index (χ4n) is 2.69. The number of nitrogens with one attached hydrogen (secondary N) is 2. The van der Waals surface area contributed by atoms with E-state index in [1.54, 1.807) is 11.4 Å². The number of benzene rings is 1. The molecule has 6 nitrogen and oxygen atoms in total. The summed E-state index contributed by atoms with van der Waals surface area (Å²) in [5, 5.41) is 7.31. The van der Waals surface area contributed by atoms with Gasteiger partial charge < -0.3 is 10.6 Å². The van der Waals surface area contributed by atoms with Gasteiger partial charge in [-0.05, 0) is 36.5 Å². The van der Waals surface area contributed by atoms with Crippen molar-refractivity contribution in [2.45, 2.75) is 19.4 Å². The SMILES string of the molecule is CN=C(NCc1ccc(Cl)cc1)NCC1CCN(S(C)(=O)=O)CC1.I. The quantitative estimate of drug-likeness (QED) is 0.370. The first-order valence-corrected chi connectivity index (χ1v) is 10.2. The van der Waals surface area contributed by atoms with Crippen molar-refractivity contribution in [1.29, 1.82) is 0 Å². The van der Waals surface area contributed by atoms with Gasteiger partial charge in [0.15, 0.2) is 5.96 Å². The minimum Gasteiger partial charge on any atom is -0.356 e. The van der Waals surface area contributed by atoms with Gasteiger partial charge in [-0.3, -0.25) is 4.99 Å². The predicted octanol–water partition coefficient (Wildman–Crippen LogP) is 2.29. The first-order valence-electron chi connectivity index (χ1n) is 8.02. The number of halogens is 2. The molecule has 2 rings (SSSR count). The van der Waals surface area contributed by atoms with Gasteiger partial charge in [-0.25, -0.2) is 12.7 Å². The molecular weight excluding hydrogens is 475 g/mol. The third-order valence-corrected chi connectivity index (χ3v) is 5.75. The smallest absolute Gasteiger partial charge is 0.211 e. The maximum Gasteiger partial charge on any atom is 0.211 e.